The van der Waals surface area contributed by atoms with E-state index in [0.29, 0.717) is 36.5 Å². The molecule has 11 unspecified atom stereocenters. The largest absolute Gasteiger partial charge is 0.748 e. The van der Waals surface area contributed by atoms with E-state index in [0.717, 1.165) is 47.7 Å². The minimum Gasteiger partial charge on any atom is -0.748 e. The second-order valence-electron chi connectivity index (χ2n) is 25.3. The Morgan fingerprint density at radius 3 is 1.59 bits per heavy atom. The van der Waals surface area contributed by atoms with Crippen LogP contribution in [-0.4, -0.2) is 54.0 Å². The molecular weight excluding hydrogens is 1130 g/mol. The lowest BCUT2D eigenvalue weighted by Crippen LogP contribution is -2.53. The van der Waals surface area contributed by atoms with Crippen LogP contribution in [0.2, 0.25) is 0 Å². The van der Waals surface area contributed by atoms with Crippen LogP contribution >= 0.6 is 0 Å². The summed E-state index contributed by atoms with van der Waals surface area (Å²) in [6.07, 6.45) is 5.96. The topological polar surface area (TPSA) is 122 Å². The zero-order valence-corrected chi connectivity index (χ0v) is 54.4. The van der Waals surface area contributed by atoms with Crippen molar-refractivity contribution in [2.24, 2.45) is 40.9 Å². The van der Waals surface area contributed by atoms with Gasteiger partial charge in [0.05, 0.1) is 38.3 Å². The molecule has 11 atom stereocenters. The normalized spacial score (nSPS) is 21.9. The van der Waals surface area contributed by atoms with Gasteiger partial charge >= 0.3 is 12.1 Å². The van der Waals surface area contributed by atoms with Crippen molar-refractivity contribution in [1.82, 2.24) is 0 Å². The Labute approximate surface area is 516 Å². The summed E-state index contributed by atoms with van der Waals surface area (Å²) in [5.41, 5.74) is 1.26. The molecule has 6 aromatic rings. The summed E-state index contributed by atoms with van der Waals surface area (Å²) < 4.78 is 87.3. The van der Waals surface area contributed by atoms with Gasteiger partial charge in [-0.1, -0.05) is 172 Å². The van der Waals surface area contributed by atoms with E-state index in [1.165, 1.54) is 84.6 Å². The number of phenolic OH excluding ortho intramolecular Hbond substituents is 1. The maximum Gasteiger partial charge on any atom is 0.429 e. The van der Waals surface area contributed by atoms with Gasteiger partial charge in [0.2, 0.25) is 11.9 Å². The molecule has 1 N–H and O–H groups in total. The van der Waals surface area contributed by atoms with E-state index in [1.807, 2.05) is 12.1 Å². The number of rotatable bonds is 17. The van der Waals surface area contributed by atoms with Crippen LogP contribution in [-0.2, 0) is 41.7 Å². The first-order chi connectivity index (χ1) is 40.7. The zero-order valence-electron chi connectivity index (χ0n) is 52.8. The predicted molar refractivity (Wildman–Crippen MR) is 342 cm³/mol. The maximum absolute atomic E-state index is 12.8. The second kappa shape index (κ2) is 31.5. The lowest BCUT2D eigenvalue weighted by Gasteiger charge is -2.35. The summed E-state index contributed by atoms with van der Waals surface area (Å²) in [6.45, 7) is 22.6. The number of hydrogen-bond acceptors (Lipinski definition) is 8. The summed E-state index contributed by atoms with van der Waals surface area (Å²) in [5, 5.41) is 9.01. The number of benzene rings is 6. The van der Waals surface area contributed by atoms with Gasteiger partial charge in [0.15, 0.2) is 14.7 Å². The first-order valence-corrected chi connectivity index (χ1v) is 33.9. The van der Waals surface area contributed by atoms with Crippen LogP contribution < -0.4 is 4.74 Å². The molecule has 3 fully saturated rings. The number of fused-ring (bicyclic) bond motifs is 6. The van der Waals surface area contributed by atoms with E-state index in [9.17, 15) is 30.9 Å². The predicted octanol–water partition coefficient (Wildman–Crippen LogP) is 18.9. The minimum absolute atomic E-state index is 0.0146. The fourth-order valence-corrected chi connectivity index (χ4v) is 15.0. The Hall–Kier alpha value is -5.60. The quantitative estimate of drug-likeness (QED) is 0.0415. The summed E-state index contributed by atoms with van der Waals surface area (Å²) in [5.74, 6) is 5.09. The fraction of sp³-hybridized carbons (Fsp3) is 0.493. The lowest BCUT2D eigenvalue weighted by atomic mass is 9.80. The van der Waals surface area contributed by atoms with Gasteiger partial charge in [0, 0.05) is 5.92 Å². The molecule has 0 radical (unpaired) electrons. The third-order valence-corrected chi connectivity index (χ3v) is 21.4. The second-order valence-corrected chi connectivity index (χ2v) is 28.7. The van der Waals surface area contributed by atoms with Crippen LogP contribution in [0, 0.1) is 40.9 Å². The van der Waals surface area contributed by atoms with Crippen LogP contribution in [0.1, 0.15) is 174 Å². The Morgan fingerprint density at radius 2 is 1.14 bits per heavy atom. The van der Waals surface area contributed by atoms with Crippen molar-refractivity contribution < 1.29 is 50.3 Å². The number of aromatic hydroxyl groups is 1. The summed E-state index contributed by atoms with van der Waals surface area (Å²) >= 11 is 0. The molecule has 86 heavy (non-hydrogen) atoms. The molecule has 2 bridgehead atoms. The Morgan fingerprint density at radius 1 is 0.663 bits per heavy atom. The average molecular weight is 1220 g/mol. The van der Waals surface area contributed by atoms with Crippen molar-refractivity contribution in [3.63, 3.8) is 0 Å². The van der Waals surface area contributed by atoms with Gasteiger partial charge in [-0.15, -0.1) is 0 Å². The highest BCUT2D eigenvalue weighted by atomic mass is 32.2. The van der Waals surface area contributed by atoms with E-state index in [1.54, 1.807) is 30.2 Å². The van der Waals surface area contributed by atoms with Crippen molar-refractivity contribution in [3.8, 4) is 11.5 Å². The standard InChI is InChI=1S/C24H36O2.C18H15S.C11H14.C10H17F3O5S.C10H14O/c1-5-16(4)17-9-11-19(12-10-17)25-24(15(2)3)26-23-14-18-13-22(23)21-8-6-7-20(18)21;1-4-10-16(11-5-1)19(17-12-6-2-7-13-17)18-14-8-3-9-15-18;1-8-7-10-5-3-4-6-11(10)9(8)2;1-5-8(2,3)7(14)18-9(4,10(11,12)13)6-19(15,16)17;1-3-8(2)9-4-6-10(11)7-5-9/h9-12,15-16,18,20-24H,5-8,13-14H2,1-4H3;1-15H;3-6,8-9H,7H2,1-2H3;5-6H2,1-4H3,(H,15,16,17);4-8,11H,3H2,1-2H3/q;+1;;;/p-1. The Kier molecular flexibility index (Phi) is 25.5. The smallest absolute Gasteiger partial charge is 0.429 e. The van der Waals surface area contributed by atoms with Crippen LogP contribution in [0.15, 0.2) is 178 Å². The van der Waals surface area contributed by atoms with Crippen molar-refractivity contribution in [1.29, 1.82) is 0 Å². The SMILES string of the molecule is CC1Cc2ccccc2C1C.CCC(C)(C)C(=O)OC(C)(CS(=O)(=O)[O-])C(F)(F)F.CCC(C)c1ccc(O)cc1.CCC(C)c1ccc(OC(OC2CC3CC2C2CCCC32)C(C)C)cc1.c1ccc([S+](c2ccccc2)c2ccccc2)cc1. The van der Waals surface area contributed by atoms with E-state index in [4.69, 9.17) is 14.6 Å². The van der Waals surface area contributed by atoms with E-state index in [-0.39, 0.29) is 23.6 Å². The molecule has 0 aromatic heterocycles. The molecule has 6 aromatic carbocycles. The molecule has 0 spiro atoms. The molecule has 10 rings (SSSR count). The van der Waals surface area contributed by atoms with Gasteiger partial charge in [0.25, 0.3) is 0 Å². The van der Waals surface area contributed by atoms with E-state index in [2.05, 4.69) is 200 Å². The molecule has 0 saturated heterocycles. The van der Waals surface area contributed by atoms with Gasteiger partial charge in [-0.2, -0.15) is 13.2 Å². The van der Waals surface area contributed by atoms with Gasteiger partial charge in [0.1, 0.15) is 11.5 Å². The van der Waals surface area contributed by atoms with Crippen LogP contribution in [0.25, 0.3) is 0 Å². The van der Waals surface area contributed by atoms with Gasteiger partial charge in [-0.25, -0.2) is 8.42 Å². The molecule has 4 aliphatic carbocycles. The highest BCUT2D eigenvalue weighted by molar-refractivity contribution is 7.97. The van der Waals surface area contributed by atoms with Crippen molar-refractivity contribution >= 4 is 27.0 Å². The minimum atomic E-state index is -5.21. The first kappa shape index (κ1) is 69.5. The fourth-order valence-electron chi connectivity index (χ4n) is 12.0. The Balaban J connectivity index is 0.000000178. The van der Waals surface area contributed by atoms with Crippen LogP contribution in [0.4, 0.5) is 13.2 Å². The number of carbonyl (C=O) groups excluding carboxylic acids is 1. The number of esters is 1. The molecular formula is C73H95F3O8S2. The van der Waals surface area contributed by atoms with E-state index < -0.39 is 39.0 Å². The third kappa shape index (κ3) is 19.2. The van der Waals surface area contributed by atoms with Crippen LogP contribution in [0.3, 0.4) is 0 Å². The Bertz CT molecular complexity index is 2990. The van der Waals surface area contributed by atoms with Gasteiger partial charge in [-0.3, -0.25) is 4.79 Å². The van der Waals surface area contributed by atoms with Crippen molar-refractivity contribution in [2.75, 3.05) is 5.75 Å². The van der Waals surface area contributed by atoms with Crippen molar-refractivity contribution in [2.45, 2.75) is 197 Å². The lowest BCUT2D eigenvalue weighted by molar-refractivity contribution is -0.259. The number of ether oxygens (including phenoxy) is 3. The van der Waals surface area contributed by atoms with Crippen LogP contribution in [0.5, 0.6) is 11.5 Å². The van der Waals surface area contributed by atoms with Gasteiger partial charge < -0.3 is 23.9 Å². The molecule has 0 aliphatic heterocycles. The number of phenols is 1. The van der Waals surface area contributed by atoms with Gasteiger partial charge in [-0.05, 0) is 202 Å². The molecule has 4 aliphatic rings. The summed E-state index contributed by atoms with van der Waals surface area (Å²) in [4.78, 5) is 15.7. The number of hydrogen-bond donors (Lipinski definition) is 1. The number of halogens is 3. The van der Waals surface area contributed by atoms with Crippen molar-refractivity contribution in [3.05, 3.63) is 186 Å². The molecule has 468 valence electrons. The highest BCUT2D eigenvalue weighted by Crippen LogP contribution is 2.59. The number of carbonyl (C=O) groups is 1. The number of alkyl halides is 3. The first-order valence-electron chi connectivity index (χ1n) is 31.1. The molecule has 8 nitrogen and oxygen atoms in total. The maximum atomic E-state index is 12.8. The zero-order chi connectivity index (χ0) is 63.0. The van der Waals surface area contributed by atoms with E-state index >= 15 is 0 Å². The average Bonchev–Trinajstić information content (AvgIpc) is 1.67. The monoisotopic (exact) mass is 1220 g/mol. The molecule has 3 saturated carbocycles. The molecule has 0 heterocycles. The molecule has 0 amide bonds. The molecule has 13 heteroatoms. The third-order valence-electron chi connectivity index (χ3n) is 18.3. The summed E-state index contributed by atoms with van der Waals surface area (Å²) in [7, 11) is -5.22. The summed E-state index contributed by atoms with van der Waals surface area (Å²) in [6, 6.07) is 57.1. The highest BCUT2D eigenvalue weighted by Gasteiger charge is 2.57.